The van der Waals surface area contributed by atoms with Crippen molar-refractivity contribution in [2.75, 3.05) is 13.8 Å². The van der Waals surface area contributed by atoms with Gasteiger partial charge in [0.15, 0.2) is 11.5 Å². The molecule has 4 atom stereocenters. The molecule has 2 amide bonds. The van der Waals surface area contributed by atoms with Gasteiger partial charge in [0.1, 0.15) is 12.1 Å². The predicted octanol–water partition coefficient (Wildman–Crippen LogP) is 1.45. The van der Waals surface area contributed by atoms with Crippen LogP contribution in [0.5, 0.6) is 11.5 Å². The first-order chi connectivity index (χ1) is 11.9. The molecule has 1 aromatic carbocycles. The minimum atomic E-state index is -0.887. The van der Waals surface area contributed by atoms with Crippen molar-refractivity contribution < 1.29 is 19.1 Å². The van der Waals surface area contributed by atoms with Gasteiger partial charge < -0.3 is 19.3 Å². The minimum absolute atomic E-state index is 0.109. The lowest BCUT2D eigenvalue weighted by Gasteiger charge is -2.42. The molecule has 2 saturated heterocycles. The van der Waals surface area contributed by atoms with Crippen molar-refractivity contribution in [3.05, 3.63) is 23.8 Å². The van der Waals surface area contributed by atoms with Gasteiger partial charge >= 0.3 is 0 Å². The number of nitrogens with zero attached hydrogens (tertiary/aromatic N) is 3. The number of para-hydroxylation sites is 1. The summed E-state index contributed by atoms with van der Waals surface area (Å²) in [6, 6.07) is 6.08. The number of nitriles is 1. The third-order valence-corrected chi connectivity index (χ3v) is 5.64. The molecule has 0 aliphatic carbocycles. The van der Waals surface area contributed by atoms with Gasteiger partial charge in [-0.3, -0.25) is 9.59 Å². The third kappa shape index (κ3) is 1.97. The molecule has 0 aromatic heterocycles. The maximum absolute atomic E-state index is 13.0. The van der Waals surface area contributed by atoms with E-state index in [-0.39, 0.29) is 18.6 Å². The average Bonchev–Trinajstić information content (AvgIpc) is 3.21. The van der Waals surface area contributed by atoms with E-state index in [1.54, 1.807) is 31.9 Å². The Labute approximate surface area is 145 Å². The van der Waals surface area contributed by atoms with Crippen molar-refractivity contribution in [3.8, 4) is 17.6 Å². The fraction of sp³-hybridized carbons (Fsp3) is 0.500. The van der Waals surface area contributed by atoms with E-state index in [9.17, 15) is 14.9 Å². The summed E-state index contributed by atoms with van der Waals surface area (Å²) in [5.74, 6) is 0.886. The Balaban J connectivity index is 1.88. The molecule has 3 heterocycles. The standard InChI is InChI=1S/C18H19N3O4/c1-10-16(22)21-12(17(23)20(10)3)7-18(2,8-19)15(21)11-5-4-6-13-14(11)25-9-24-13/h4-6,10,12,15H,7,9H2,1-3H3. The highest BCUT2D eigenvalue weighted by atomic mass is 16.7. The molecular formula is C18H19N3O4. The molecule has 4 unspecified atom stereocenters. The summed E-state index contributed by atoms with van der Waals surface area (Å²) < 4.78 is 11.0. The second-order valence-corrected chi connectivity index (χ2v) is 7.10. The number of amides is 2. The third-order valence-electron chi connectivity index (χ3n) is 5.64. The first kappa shape index (κ1) is 15.8. The number of hydrogen-bond acceptors (Lipinski definition) is 5. The van der Waals surface area contributed by atoms with Crippen molar-refractivity contribution in [2.45, 2.75) is 38.4 Å². The molecule has 3 aliphatic rings. The minimum Gasteiger partial charge on any atom is -0.454 e. The van der Waals surface area contributed by atoms with Crippen LogP contribution >= 0.6 is 0 Å². The van der Waals surface area contributed by atoms with Gasteiger partial charge in [-0.15, -0.1) is 0 Å². The summed E-state index contributed by atoms with van der Waals surface area (Å²) in [5.41, 5.74) is -0.165. The van der Waals surface area contributed by atoms with Crippen LogP contribution in [0.2, 0.25) is 0 Å². The second-order valence-electron chi connectivity index (χ2n) is 7.10. The van der Waals surface area contributed by atoms with Gasteiger partial charge in [-0.05, 0) is 26.3 Å². The quantitative estimate of drug-likeness (QED) is 0.772. The molecule has 7 heteroatoms. The first-order valence-corrected chi connectivity index (χ1v) is 8.27. The van der Waals surface area contributed by atoms with Crippen molar-refractivity contribution in [3.63, 3.8) is 0 Å². The number of likely N-dealkylation sites (N-methyl/N-ethyl adjacent to an activating group) is 1. The molecule has 25 heavy (non-hydrogen) atoms. The molecule has 0 saturated carbocycles. The van der Waals surface area contributed by atoms with Crippen molar-refractivity contribution in [1.29, 1.82) is 5.26 Å². The number of ether oxygens (including phenoxy) is 2. The van der Waals surface area contributed by atoms with E-state index in [0.29, 0.717) is 17.9 Å². The largest absolute Gasteiger partial charge is 0.454 e. The molecule has 130 valence electrons. The highest BCUT2D eigenvalue weighted by molar-refractivity contribution is 5.97. The molecule has 0 spiro atoms. The summed E-state index contributed by atoms with van der Waals surface area (Å²) in [6.45, 7) is 3.62. The van der Waals surface area contributed by atoms with Crippen LogP contribution in [0.4, 0.5) is 0 Å². The van der Waals surface area contributed by atoms with Crippen LogP contribution in [0.3, 0.4) is 0 Å². The number of hydrogen-bond donors (Lipinski definition) is 0. The van der Waals surface area contributed by atoms with E-state index in [1.807, 2.05) is 12.1 Å². The van der Waals surface area contributed by atoms with E-state index < -0.39 is 23.5 Å². The number of carbonyl (C=O) groups excluding carboxylic acids is 2. The lowest BCUT2D eigenvalue weighted by atomic mass is 9.79. The van der Waals surface area contributed by atoms with E-state index in [1.165, 1.54) is 4.90 Å². The monoisotopic (exact) mass is 341 g/mol. The second kappa shape index (κ2) is 5.12. The number of rotatable bonds is 1. The Kier molecular flexibility index (Phi) is 3.23. The van der Waals surface area contributed by atoms with Gasteiger partial charge in [-0.1, -0.05) is 12.1 Å². The van der Waals surface area contributed by atoms with Gasteiger partial charge in [0, 0.05) is 12.6 Å². The van der Waals surface area contributed by atoms with E-state index >= 15 is 0 Å². The maximum atomic E-state index is 13.0. The van der Waals surface area contributed by atoms with Crippen LogP contribution in [-0.2, 0) is 9.59 Å². The predicted molar refractivity (Wildman–Crippen MR) is 86.5 cm³/mol. The fourth-order valence-corrected chi connectivity index (χ4v) is 4.16. The number of piperazine rings is 1. The van der Waals surface area contributed by atoms with Crippen molar-refractivity contribution >= 4 is 11.8 Å². The topological polar surface area (TPSA) is 82.9 Å². The summed E-state index contributed by atoms with van der Waals surface area (Å²) in [7, 11) is 1.64. The molecule has 0 radical (unpaired) electrons. The SMILES string of the molecule is CC1C(=O)N2C(CC(C)(C#N)C2c2cccc3c2OCO3)C(=O)N1C. The highest BCUT2D eigenvalue weighted by Gasteiger charge is 2.59. The van der Waals surface area contributed by atoms with Gasteiger partial charge in [-0.2, -0.15) is 5.26 Å². The number of benzene rings is 1. The zero-order chi connectivity index (χ0) is 17.9. The molecule has 2 fully saturated rings. The summed E-state index contributed by atoms with van der Waals surface area (Å²) >= 11 is 0. The Bertz CT molecular complexity index is 817. The first-order valence-electron chi connectivity index (χ1n) is 8.27. The molecule has 1 aromatic rings. The van der Waals surface area contributed by atoms with Gasteiger partial charge in [-0.25, -0.2) is 0 Å². The van der Waals surface area contributed by atoms with Crippen LogP contribution in [0, 0.1) is 16.7 Å². The number of fused-ring (bicyclic) bond motifs is 2. The molecule has 7 nitrogen and oxygen atoms in total. The Morgan fingerprint density at radius 3 is 2.76 bits per heavy atom. The zero-order valence-corrected chi connectivity index (χ0v) is 14.4. The van der Waals surface area contributed by atoms with Gasteiger partial charge in [0.05, 0.1) is 17.5 Å². The lowest BCUT2D eigenvalue weighted by molar-refractivity contribution is -0.159. The van der Waals surface area contributed by atoms with Crippen LogP contribution in [0.15, 0.2) is 18.2 Å². The average molecular weight is 341 g/mol. The Morgan fingerprint density at radius 2 is 2.04 bits per heavy atom. The maximum Gasteiger partial charge on any atom is 0.246 e. The molecule has 4 rings (SSSR count). The van der Waals surface area contributed by atoms with Crippen LogP contribution < -0.4 is 9.47 Å². The lowest BCUT2D eigenvalue weighted by Crippen LogP contribution is -2.60. The summed E-state index contributed by atoms with van der Waals surface area (Å²) in [6.07, 6.45) is 0.306. The normalized spacial score (nSPS) is 33.4. The van der Waals surface area contributed by atoms with Gasteiger partial charge in [0.2, 0.25) is 18.6 Å². The van der Waals surface area contributed by atoms with Crippen molar-refractivity contribution in [1.82, 2.24) is 9.80 Å². The summed E-state index contributed by atoms with van der Waals surface area (Å²) in [4.78, 5) is 28.8. The van der Waals surface area contributed by atoms with Crippen LogP contribution in [-0.4, -0.2) is 47.5 Å². The number of carbonyl (C=O) groups is 2. The zero-order valence-electron chi connectivity index (χ0n) is 14.4. The molecule has 0 N–H and O–H groups in total. The fourth-order valence-electron chi connectivity index (χ4n) is 4.16. The van der Waals surface area contributed by atoms with Gasteiger partial charge in [0.25, 0.3) is 0 Å². The molecule has 3 aliphatic heterocycles. The molecule has 0 bridgehead atoms. The Morgan fingerprint density at radius 1 is 1.28 bits per heavy atom. The van der Waals surface area contributed by atoms with Crippen molar-refractivity contribution in [2.24, 2.45) is 5.41 Å². The molecular weight excluding hydrogens is 322 g/mol. The van der Waals surface area contributed by atoms with E-state index in [4.69, 9.17) is 9.47 Å². The highest BCUT2D eigenvalue weighted by Crippen LogP contribution is 2.55. The Hall–Kier alpha value is -2.75. The summed E-state index contributed by atoms with van der Waals surface area (Å²) in [5, 5.41) is 9.87. The van der Waals surface area contributed by atoms with Crippen LogP contribution in [0.1, 0.15) is 31.9 Å². The van der Waals surface area contributed by atoms with E-state index in [0.717, 1.165) is 5.56 Å². The van der Waals surface area contributed by atoms with E-state index in [2.05, 4.69) is 6.07 Å². The smallest absolute Gasteiger partial charge is 0.246 e. The van der Waals surface area contributed by atoms with Crippen LogP contribution in [0.25, 0.3) is 0 Å².